The van der Waals surface area contributed by atoms with Gasteiger partial charge in [0.2, 0.25) is 0 Å². The molecular formula is C40H53N3O4. The Hall–Kier alpha value is -3.65. The molecule has 252 valence electrons. The first-order valence-electron chi connectivity index (χ1n) is 17.6. The number of ether oxygens (including phenoxy) is 3. The molecule has 47 heavy (non-hydrogen) atoms. The molecule has 3 aromatic rings. The maximum atomic E-state index is 14.2. The fourth-order valence-corrected chi connectivity index (χ4v) is 6.33. The standard InChI is InChI=1S/C40H53N3O4/c1-4-6-23-45-26-27-47-38-16-11-32(12-17-38)33-13-18-39-35(28-33)29-34(8-7-21-41-39)40(44)43(22-5-2)37-14-9-31(10-15-37)30-42(3)36-19-24-46-25-20-36/h9-18,28-29,36,41H,4-8,19-27,30H2,1-3H3. The van der Waals surface area contributed by atoms with Crippen molar-refractivity contribution in [3.05, 3.63) is 83.4 Å². The molecule has 7 nitrogen and oxygen atoms in total. The number of hydrogen-bond acceptors (Lipinski definition) is 6. The molecule has 2 aliphatic heterocycles. The van der Waals surface area contributed by atoms with E-state index in [-0.39, 0.29) is 5.91 Å². The highest BCUT2D eigenvalue weighted by molar-refractivity contribution is 6.09. The van der Waals surface area contributed by atoms with E-state index < -0.39 is 0 Å². The molecule has 1 N–H and O–H groups in total. The van der Waals surface area contributed by atoms with Crippen LogP contribution in [0, 0.1) is 0 Å². The number of fused-ring (bicyclic) bond motifs is 1. The lowest BCUT2D eigenvalue weighted by Crippen LogP contribution is -2.36. The van der Waals surface area contributed by atoms with Crippen molar-refractivity contribution in [2.24, 2.45) is 0 Å². The van der Waals surface area contributed by atoms with E-state index in [0.717, 1.165) is 117 Å². The van der Waals surface area contributed by atoms with Crippen LogP contribution in [0.3, 0.4) is 0 Å². The Labute approximate surface area is 281 Å². The average molecular weight is 640 g/mol. The number of unbranched alkanes of at least 4 members (excludes halogenated alkanes) is 1. The van der Waals surface area contributed by atoms with Crippen LogP contribution < -0.4 is 15.0 Å². The molecule has 0 bridgehead atoms. The van der Waals surface area contributed by atoms with Crippen LogP contribution in [0.5, 0.6) is 5.75 Å². The molecule has 0 spiro atoms. The zero-order chi connectivity index (χ0) is 32.8. The maximum absolute atomic E-state index is 14.2. The monoisotopic (exact) mass is 639 g/mol. The second kappa shape index (κ2) is 18.0. The minimum atomic E-state index is 0.0948. The molecule has 0 atom stereocenters. The third-order valence-electron chi connectivity index (χ3n) is 9.11. The Morgan fingerprint density at radius 1 is 0.915 bits per heavy atom. The molecule has 0 unspecified atom stereocenters. The summed E-state index contributed by atoms with van der Waals surface area (Å²) in [5.41, 5.74) is 7.39. The summed E-state index contributed by atoms with van der Waals surface area (Å²) >= 11 is 0. The summed E-state index contributed by atoms with van der Waals surface area (Å²) in [5.74, 6) is 0.932. The molecule has 0 aromatic heterocycles. The van der Waals surface area contributed by atoms with Gasteiger partial charge in [0.1, 0.15) is 12.4 Å². The van der Waals surface area contributed by atoms with Crippen LogP contribution in [-0.4, -0.2) is 70.0 Å². The Kier molecular flexibility index (Phi) is 13.3. The lowest BCUT2D eigenvalue weighted by atomic mass is 9.97. The van der Waals surface area contributed by atoms with Gasteiger partial charge in [-0.15, -0.1) is 0 Å². The molecule has 7 heteroatoms. The van der Waals surface area contributed by atoms with Gasteiger partial charge >= 0.3 is 0 Å². The van der Waals surface area contributed by atoms with E-state index in [2.05, 4.69) is 91.8 Å². The summed E-state index contributed by atoms with van der Waals surface area (Å²) in [6, 6.07) is 23.8. The molecule has 0 radical (unpaired) electrons. The summed E-state index contributed by atoms with van der Waals surface area (Å²) in [6.07, 6.45) is 9.01. The predicted octanol–water partition coefficient (Wildman–Crippen LogP) is 8.19. The zero-order valence-corrected chi connectivity index (χ0v) is 28.6. The number of nitrogens with zero attached hydrogens (tertiary/aromatic N) is 2. The van der Waals surface area contributed by atoms with Crippen molar-refractivity contribution in [3.8, 4) is 16.9 Å². The van der Waals surface area contributed by atoms with Gasteiger partial charge in [-0.05, 0) is 110 Å². The van der Waals surface area contributed by atoms with E-state index >= 15 is 0 Å². The molecule has 3 aromatic carbocycles. The molecule has 0 aliphatic carbocycles. The third kappa shape index (κ3) is 9.92. The highest BCUT2D eigenvalue weighted by Crippen LogP contribution is 2.31. The van der Waals surface area contributed by atoms with E-state index in [0.29, 0.717) is 25.8 Å². The van der Waals surface area contributed by atoms with Crippen LogP contribution in [0.1, 0.15) is 69.9 Å². The second-order valence-corrected chi connectivity index (χ2v) is 12.7. The van der Waals surface area contributed by atoms with Crippen LogP contribution in [-0.2, 0) is 20.8 Å². The number of nitrogens with one attached hydrogen (secondary N) is 1. The number of amides is 1. The highest BCUT2D eigenvalue weighted by Gasteiger charge is 2.22. The smallest absolute Gasteiger partial charge is 0.254 e. The molecular weight excluding hydrogens is 586 g/mol. The fraction of sp³-hybridized carbons (Fsp3) is 0.475. The zero-order valence-electron chi connectivity index (χ0n) is 28.6. The first kappa shape index (κ1) is 34.7. The van der Waals surface area contributed by atoms with E-state index in [1.54, 1.807) is 0 Å². The van der Waals surface area contributed by atoms with Gasteiger partial charge in [0.25, 0.3) is 5.91 Å². The van der Waals surface area contributed by atoms with Crippen LogP contribution in [0.15, 0.2) is 72.3 Å². The Bertz CT molecular complexity index is 1430. The van der Waals surface area contributed by atoms with E-state index in [9.17, 15) is 4.79 Å². The average Bonchev–Trinajstić information content (AvgIpc) is 3.10. The quantitative estimate of drug-likeness (QED) is 0.169. The molecule has 2 aliphatic rings. The van der Waals surface area contributed by atoms with Gasteiger partial charge in [-0.25, -0.2) is 0 Å². The first-order valence-corrected chi connectivity index (χ1v) is 17.6. The number of rotatable bonds is 15. The Balaban J connectivity index is 1.28. The predicted molar refractivity (Wildman–Crippen MR) is 193 cm³/mol. The normalized spacial score (nSPS) is 15.3. The fourth-order valence-electron chi connectivity index (χ4n) is 6.33. The Morgan fingerprint density at radius 3 is 2.43 bits per heavy atom. The summed E-state index contributed by atoms with van der Waals surface area (Å²) in [6.45, 7) is 10.3. The van der Waals surface area contributed by atoms with Gasteiger partial charge in [0.05, 0.1) is 6.61 Å². The third-order valence-corrected chi connectivity index (χ3v) is 9.11. The molecule has 1 amide bonds. The lowest BCUT2D eigenvalue weighted by Gasteiger charge is -2.31. The maximum Gasteiger partial charge on any atom is 0.254 e. The van der Waals surface area contributed by atoms with Gasteiger partial charge in [-0.3, -0.25) is 9.69 Å². The highest BCUT2D eigenvalue weighted by atomic mass is 16.5. The van der Waals surface area contributed by atoms with Crippen LogP contribution in [0.4, 0.5) is 11.4 Å². The van der Waals surface area contributed by atoms with Crippen molar-refractivity contribution in [1.29, 1.82) is 0 Å². The molecule has 1 fully saturated rings. The topological polar surface area (TPSA) is 63.3 Å². The number of hydrogen-bond donors (Lipinski definition) is 1. The summed E-state index contributed by atoms with van der Waals surface area (Å²) in [5, 5.41) is 3.57. The van der Waals surface area contributed by atoms with E-state index in [1.165, 1.54) is 5.56 Å². The van der Waals surface area contributed by atoms with Crippen molar-refractivity contribution in [2.75, 3.05) is 63.4 Å². The molecule has 1 saturated heterocycles. The molecule has 5 rings (SSSR count). The van der Waals surface area contributed by atoms with Crippen molar-refractivity contribution in [3.63, 3.8) is 0 Å². The number of anilines is 2. The van der Waals surface area contributed by atoms with Gasteiger partial charge in [0, 0.05) is 62.4 Å². The van der Waals surface area contributed by atoms with Crippen molar-refractivity contribution in [2.45, 2.75) is 71.4 Å². The summed E-state index contributed by atoms with van der Waals surface area (Å²) < 4.78 is 17.0. The van der Waals surface area contributed by atoms with E-state index in [4.69, 9.17) is 14.2 Å². The minimum absolute atomic E-state index is 0.0948. The Morgan fingerprint density at radius 2 is 1.68 bits per heavy atom. The van der Waals surface area contributed by atoms with Gasteiger partial charge < -0.3 is 24.4 Å². The second-order valence-electron chi connectivity index (χ2n) is 12.7. The van der Waals surface area contributed by atoms with Crippen LogP contribution >= 0.6 is 0 Å². The largest absolute Gasteiger partial charge is 0.491 e. The minimum Gasteiger partial charge on any atom is -0.491 e. The summed E-state index contributed by atoms with van der Waals surface area (Å²) in [7, 11) is 2.20. The number of carbonyl (C=O) groups is 1. The van der Waals surface area contributed by atoms with Crippen molar-refractivity contribution < 1.29 is 19.0 Å². The summed E-state index contributed by atoms with van der Waals surface area (Å²) in [4.78, 5) is 18.6. The van der Waals surface area contributed by atoms with E-state index in [1.807, 2.05) is 17.0 Å². The number of benzene rings is 3. The number of carbonyl (C=O) groups excluding carboxylic acids is 1. The molecule has 2 heterocycles. The first-order chi connectivity index (χ1) is 23.1. The van der Waals surface area contributed by atoms with Crippen LogP contribution in [0.25, 0.3) is 17.2 Å². The van der Waals surface area contributed by atoms with Crippen LogP contribution in [0.2, 0.25) is 0 Å². The SMILES string of the molecule is CCCCOCCOc1ccc(-c2ccc3c(c2)C=C(C(=O)N(CCC)c2ccc(CN(C)C4CCOCC4)cc2)CCCN3)cc1. The van der Waals surface area contributed by atoms with Gasteiger partial charge in [-0.1, -0.05) is 50.6 Å². The van der Waals surface area contributed by atoms with Gasteiger partial charge in [0.15, 0.2) is 0 Å². The van der Waals surface area contributed by atoms with Crippen molar-refractivity contribution in [1.82, 2.24) is 4.90 Å². The van der Waals surface area contributed by atoms with Crippen molar-refractivity contribution >= 4 is 23.4 Å². The lowest BCUT2D eigenvalue weighted by molar-refractivity contribution is -0.115. The molecule has 0 saturated carbocycles. The van der Waals surface area contributed by atoms with Gasteiger partial charge in [-0.2, -0.15) is 0 Å².